The van der Waals surface area contributed by atoms with Crippen molar-refractivity contribution in [3.05, 3.63) is 34.1 Å². The van der Waals surface area contributed by atoms with Gasteiger partial charge >= 0.3 is 0 Å². The van der Waals surface area contributed by atoms with E-state index in [1.807, 2.05) is 0 Å². The van der Waals surface area contributed by atoms with Gasteiger partial charge in [-0.25, -0.2) is 4.39 Å². The Balaban J connectivity index is 2.64. The first-order valence-electron chi connectivity index (χ1n) is 4.11. The first-order valence-corrected chi connectivity index (χ1v) is 4.91. The Kier molecular flexibility index (Phi) is 4.09. The minimum atomic E-state index is -0.200. The van der Waals surface area contributed by atoms with Crippen LogP contribution >= 0.6 is 15.9 Å². The smallest absolute Gasteiger partial charge is 0.126 e. The van der Waals surface area contributed by atoms with E-state index in [4.69, 9.17) is 0 Å². The van der Waals surface area contributed by atoms with Gasteiger partial charge in [0.25, 0.3) is 0 Å². The molecule has 1 aromatic carbocycles. The standard InChI is InChI=1S/C10H10BrFO/c11-9-4-5-10(12)8(7-9)3-1-2-6-13/h4-7H,1-3H2. The highest BCUT2D eigenvalue weighted by Gasteiger charge is 2.01. The van der Waals surface area contributed by atoms with Gasteiger partial charge in [0.05, 0.1) is 0 Å². The SMILES string of the molecule is O=CCCCc1cc(Br)ccc1F. The maximum Gasteiger partial charge on any atom is 0.126 e. The molecule has 0 fully saturated rings. The molecule has 0 aliphatic rings. The number of hydrogen-bond acceptors (Lipinski definition) is 1. The van der Waals surface area contributed by atoms with Crippen LogP contribution in [0.4, 0.5) is 4.39 Å². The topological polar surface area (TPSA) is 17.1 Å². The van der Waals surface area contributed by atoms with E-state index in [0.29, 0.717) is 24.8 Å². The summed E-state index contributed by atoms with van der Waals surface area (Å²) in [6.45, 7) is 0. The summed E-state index contributed by atoms with van der Waals surface area (Å²) in [7, 11) is 0. The van der Waals surface area contributed by atoms with Crippen LogP contribution in [0.25, 0.3) is 0 Å². The van der Waals surface area contributed by atoms with E-state index < -0.39 is 0 Å². The summed E-state index contributed by atoms with van der Waals surface area (Å²) in [5.41, 5.74) is 0.663. The third-order valence-corrected chi connectivity index (χ3v) is 2.27. The van der Waals surface area contributed by atoms with Gasteiger partial charge in [-0.2, -0.15) is 0 Å². The molecule has 0 unspecified atom stereocenters. The third kappa shape index (κ3) is 3.27. The highest BCUT2D eigenvalue weighted by atomic mass is 79.9. The summed E-state index contributed by atoms with van der Waals surface area (Å²) in [5, 5.41) is 0. The van der Waals surface area contributed by atoms with Crippen molar-refractivity contribution in [2.75, 3.05) is 0 Å². The van der Waals surface area contributed by atoms with E-state index in [9.17, 15) is 9.18 Å². The van der Waals surface area contributed by atoms with Crippen LogP contribution in [-0.2, 0) is 11.2 Å². The van der Waals surface area contributed by atoms with Crippen molar-refractivity contribution < 1.29 is 9.18 Å². The number of carbonyl (C=O) groups is 1. The Morgan fingerprint density at radius 3 is 2.92 bits per heavy atom. The third-order valence-electron chi connectivity index (χ3n) is 1.78. The van der Waals surface area contributed by atoms with Crippen molar-refractivity contribution in [2.45, 2.75) is 19.3 Å². The normalized spacial score (nSPS) is 10.0. The second-order valence-electron chi connectivity index (χ2n) is 2.79. The van der Waals surface area contributed by atoms with Crippen LogP contribution in [0, 0.1) is 5.82 Å². The number of halogens is 2. The summed E-state index contributed by atoms with van der Waals surface area (Å²) in [6.07, 6.45) is 2.67. The molecule has 0 saturated carbocycles. The number of rotatable bonds is 4. The van der Waals surface area contributed by atoms with Crippen molar-refractivity contribution in [3.63, 3.8) is 0 Å². The minimum absolute atomic E-state index is 0.200. The van der Waals surface area contributed by atoms with Gasteiger partial charge in [-0.15, -0.1) is 0 Å². The van der Waals surface area contributed by atoms with Crippen LogP contribution in [0.2, 0.25) is 0 Å². The summed E-state index contributed by atoms with van der Waals surface area (Å²) in [5.74, 6) is -0.200. The molecule has 0 amide bonds. The minimum Gasteiger partial charge on any atom is -0.303 e. The van der Waals surface area contributed by atoms with Gasteiger partial charge in [-0.05, 0) is 36.6 Å². The summed E-state index contributed by atoms with van der Waals surface area (Å²) in [6, 6.07) is 4.85. The van der Waals surface area contributed by atoms with Gasteiger partial charge < -0.3 is 4.79 Å². The van der Waals surface area contributed by atoms with Crippen molar-refractivity contribution in [1.82, 2.24) is 0 Å². The Labute approximate surface area is 85.1 Å². The number of aryl methyl sites for hydroxylation is 1. The molecule has 1 nitrogen and oxygen atoms in total. The Morgan fingerprint density at radius 2 is 2.23 bits per heavy atom. The molecule has 70 valence electrons. The Hall–Kier alpha value is -0.700. The fourth-order valence-corrected chi connectivity index (χ4v) is 1.52. The van der Waals surface area contributed by atoms with Crippen molar-refractivity contribution in [3.8, 4) is 0 Å². The van der Waals surface area contributed by atoms with E-state index >= 15 is 0 Å². The largest absolute Gasteiger partial charge is 0.303 e. The number of benzene rings is 1. The molecule has 0 N–H and O–H groups in total. The molecule has 13 heavy (non-hydrogen) atoms. The lowest BCUT2D eigenvalue weighted by Crippen LogP contribution is -1.91. The summed E-state index contributed by atoms with van der Waals surface area (Å²) >= 11 is 3.27. The molecule has 0 heterocycles. The van der Waals surface area contributed by atoms with Crippen LogP contribution in [0.1, 0.15) is 18.4 Å². The molecule has 1 aromatic rings. The van der Waals surface area contributed by atoms with Gasteiger partial charge in [0, 0.05) is 10.9 Å². The zero-order valence-electron chi connectivity index (χ0n) is 7.09. The fourth-order valence-electron chi connectivity index (χ4n) is 1.11. The predicted octanol–water partition coefficient (Wildman–Crippen LogP) is 3.11. The monoisotopic (exact) mass is 244 g/mol. The van der Waals surface area contributed by atoms with Crippen molar-refractivity contribution in [1.29, 1.82) is 0 Å². The molecule has 0 atom stereocenters. The highest BCUT2D eigenvalue weighted by molar-refractivity contribution is 9.10. The zero-order chi connectivity index (χ0) is 9.68. The Bertz CT molecular complexity index is 299. The number of carbonyl (C=O) groups excluding carboxylic acids is 1. The van der Waals surface area contributed by atoms with Crippen LogP contribution < -0.4 is 0 Å². The highest BCUT2D eigenvalue weighted by Crippen LogP contribution is 2.17. The number of hydrogen-bond donors (Lipinski definition) is 0. The van der Waals surface area contributed by atoms with Gasteiger partial charge in [0.2, 0.25) is 0 Å². The Morgan fingerprint density at radius 1 is 1.46 bits per heavy atom. The van der Waals surface area contributed by atoms with E-state index in [-0.39, 0.29) is 5.82 Å². The van der Waals surface area contributed by atoms with E-state index in [1.165, 1.54) is 6.07 Å². The quantitative estimate of drug-likeness (QED) is 0.588. The lowest BCUT2D eigenvalue weighted by atomic mass is 10.1. The molecule has 0 saturated heterocycles. The maximum absolute atomic E-state index is 13.1. The molecular weight excluding hydrogens is 235 g/mol. The molecule has 0 bridgehead atoms. The lowest BCUT2D eigenvalue weighted by molar-refractivity contribution is -0.107. The molecule has 0 spiro atoms. The molecule has 0 aliphatic carbocycles. The molecule has 3 heteroatoms. The summed E-state index contributed by atoms with van der Waals surface area (Å²) < 4.78 is 14.0. The van der Waals surface area contributed by atoms with Gasteiger partial charge in [0.1, 0.15) is 12.1 Å². The first-order chi connectivity index (χ1) is 6.24. The van der Waals surface area contributed by atoms with Crippen molar-refractivity contribution in [2.24, 2.45) is 0 Å². The fraction of sp³-hybridized carbons (Fsp3) is 0.300. The lowest BCUT2D eigenvalue weighted by Gasteiger charge is -2.01. The number of unbranched alkanes of at least 4 members (excludes halogenated alkanes) is 1. The van der Waals surface area contributed by atoms with Crippen LogP contribution in [-0.4, -0.2) is 6.29 Å². The number of aldehydes is 1. The molecular formula is C10H10BrFO. The van der Waals surface area contributed by atoms with E-state index in [2.05, 4.69) is 15.9 Å². The van der Waals surface area contributed by atoms with Crippen LogP contribution in [0.5, 0.6) is 0 Å². The average molecular weight is 245 g/mol. The molecule has 0 aromatic heterocycles. The predicted molar refractivity (Wildman–Crippen MR) is 53.1 cm³/mol. The molecule has 0 radical (unpaired) electrons. The van der Waals surface area contributed by atoms with Gasteiger partial charge in [-0.3, -0.25) is 0 Å². The zero-order valence-corrected chi connectivity index (χ0v) is 8.68. The molecule has 0 aliphatic heterocycles. The second-order valence-corrected chi connectivity index (χ2v) is 3.71. The second kappa shape index (κ2) is 5.12. The van der Waals surface area contributed by atoms with Crippen molar-refractivity contribution >= 4 is 22.2 Å². The van der Waals surface area contributed by atoms with Gasteiger partial charge in [-0.1, -0.05) is 15.9 Å². The molecule has 1 rings (SSSR count). The maximum atomic E-state index is 13.1. The van der Waals surface area contributed by atoms with E-state index in [1.54, 1.807) is 12.1 Å². The summed E-state index contributed by atoms with van der Waals surface area (Å²) in [4.78, 5) is 10.0. The van der Waals surface area contributed by atoms with Crippen LogP contribution in [0.15, 0.2) is 22.7 Å². The average Bonchev–Trinajstić information content (AvgIpc) is 2.11. The van der Waals surface area contributed by atoms with Crippen LogP contribution in [0.3, 0.4) is 0 Å². The van der Waals surface area contributed by atoms with E-state index in [0.717, 1.165) is 10.8 Å². The van der Waals surface area contributed by atoms with Gasteiger partial charge in [0.15, 0.2) is 0 Å². The first kappa shape index (κ1) is 10.4.